The maximum Gasteiger partial charge on any atom is 0.228 e. The highest BCUT2D eigenvalue weighted by atomic mass is 35.5. The van der Waals surface area contributed by atoms with Crippen molar-refractivity contribution < 1.29 is 9.53 Å². The highest BCUT2D eigenvalue weighted by Crippen LogP contribution is 2.20. The number of amides is 1. The number of rotatable bonds is 2. The van der Waals surface area contributed by atoms with Gasteiger partial charge in [-0.2, -0.15) is 4.98 Å². The topological polar surface area (TPSA) is 58.6 Å². The van der Waals surface area contributed by atoms with E-state index in [4.69, 9.17) is 4.74 Å². The number of halogens is 1. The zero-order valence-corrected chi connectivity index (χ0v) is 11.4. The second-order valence-corrected chi connectivity index (χ2v) is 4.46. The van der Waals surface area contributed by atoms with Gasteiger partial charge in [0.05, 0.1) is 13.2 Å². The van der Waals surface area contributed by atoms with Gasteiger partial charge in [-0.1, -0.05) is 0 Å². The van der Waals surface area contributed by atoms with Crippen LogP contribution < -0.4 is 9.80 Å². The largest absolute Gasteiger partial charge is 0.378 e. The average Bonchev–Trinajstić information content (AvgIpc) is 2.86. The van der Waals surface area contributed by atoms with Crippen molar-refractivity contribution >= 4 is 30.1 Å². The van der Waals surface area contributed by atoms with E-state index in [0.717, 1.165) is 26.1 Å². The fourth-order valence-electron chi connectivity index (χ4n) is 2.30. The summed E-state index contributed by atoms with van der Waals surface area (Å²) < 4.78 is 5.31. The van der Waals surface area contributed by atoms with Gasteiger partial charge in [-0.15, -0.1) is 12.4 Å². The molecule has 7 heteroatoms. The molecule has 0 atom stereocenters. The number of carbonyl (C=O) groups is 1. The number of morpholine rings is 1. The Labute approximate surface area is 118 Å². The van der Waals surface area contributed by atoms with Crippen molar-refractivity contribution in [1.82, 2.24) is 9.97 Å². The molecule has 2 aliphatic heterocycles. The van der Waals surface area contributed by atoms with E-state index in [9.17, 15) is 4.79 Å². The number of carbonyl (C=O) groups excluding carboxylic acids is 1. The van der Waals surface area contributed by atoms with Crippen LogP contribution in [0.15, 0.2) is 12.3 Å². The van der Waals surface area contributed by atoms with Gasteiger partial charge in [-0.25, -0.2) is 4.98 Å². The molecule has 6 nitrogen and oxygen atoms in total. The third-order valence-corrected chi connectivity index (χ3v) is 3.27. The molecule has 2 fully saturated rings. The monoisotopic (exact) mass is 284 g/mol. The van der Waals surface area contributed by atoms with E-state index in [2.05, 4.69) is 14.9 Å². The Balaban J connectivity index is 0.00000133. The molecular formula is C12H17ClN4O2. The van der Waals surface area contributed by atoms with Crippen LogP contribution in [0.4, 0.5) is 11.8 Å². The molecule has 0 unspecified atom stereocenters. The Morgan fingerprint density at radius 1 is 1.21 bits per heavy atom. The highest BCUT2D eigenvalue weighted by molar-refractivity contribution is 5.94. The molecule has 0 bridgehead atoms. The summed E-state index contributed by atoms with van der Waals surface area (Å²) in [6.45, 7) is 3.78. The molecule has 0 N–H and O–H groups in total. The van der Waals surface area contributed by atoms with Crippen LogP contribution in [0.2, 0.25) is 0 Å². The number of nitrogens with zero attached hydrogens (tertiary/aromatic N) is 4. The summed E-state index contributed by atoms with van der Waals surface area (Å²) in [5.41, 5.74) is 0. The Kier molecular flexibility index (Phi) is 4.55. The van der Waals surface area contributed by atoms with Crippen LogP contribution in [0.25, 0.3) is 0 Å². The van der Waals surface area contributed by atoms with E-state index in [-0.39, 0.29) is 18.3 Å². The lowest BCUT2D eigenvalue weighted by molar-refractivity contribution is -0.117. The predicted octanol–water partition coefficient (Wildman–Crippen LogP) is 0.862. The molecule has 1 aromatic rings. The van der Waals surface area contributed by atoms with Crippen molar-refractivity contribution in [2.75, 3.05) is 42.6 Å². The number of ether oxygens (including phenoxy) is 1. The van der Waals surface area contributed by atoms with E-state index < -0.39 is 0 Å². The number of hydrogen-bond donors (Lipinski definition) is 0. The van der Waals surface area contributed by atoms with Gasteiger partial charge in [-0.3, -0.25) is 9.69 Å². The molecule has 0 aliphatic carbocycles. The third-order valence-electron chi connectivity index (χ3n) is 3.27. The fraction of sp³-hybridized carbons (Fsp3) is 0.583. The summed E-state index contributed by atoms with van der Waals surface area (Å²) in [5, 5.41) is 0. The SMILES string of the molecule is Cl.O=C1CCCN1c1ccnc(N2CCOCC2)n1. The zero-order chi connectivity index (χ0) is 12.4. The van der Waals surface area contributed by atoms with E-state index in [1.807, 2.05) is 0 Å². The Bertz CT molecular complexity index is 451. The van der Waals surface area contributed by atoms with Crippen LogP contribution in [0.1, 0.15) is 12.8 Å². The first-order valence-corrected chi connectivity index (χ1v) is 6.31. The van der Waals surface area contributed by atoms with Crippen LogP contribution in [-0.4, -0.2) is 48.7 Å². The summed E-state index contributed by atoms with van der Waals surface area (Å²) in [6, 6.07) is 1.80. The van der Waals surface area contributed by atoms with Gasteiger partial charge in [0.1, 0.15) is 5.82 Å². The molecule has 19 heavy (non-hydrogen) atoms. The maximum atomic E-state index is 11.7. The molecule has 0 aromatic carbocycles. The summed E-state index contributed by atoms with van der Waals surface area (Å²) >= 11 is 0. The molecule has 0 radical (unpaired) electrons. The molecule has 2 saturated heterocycles. The minimum atomic E-state index is 0. The molecule has 0 saturated carbocycles. The van der Waals surface area contributed by atoms with Gasteiger partial charge < -0.3 is 9.64 Å². The lowest BCUT2D eigenvalue weighted by atomic mass is 10.4. The quantitative estimate of drug-likeness (QED) is 0.806. The smallest absolute Gasteiger partial charge is 0.228 e. The standard InChI is InChI=1S/C12H16N4O2.ClH/c17-11-2-1-5-16(11)10-3-4-13-12(14-10)15-6-8-18-9-7-15;/h3-4H,1-2,5-9H2;1H. The second-order valence-electron chi connectivity index (χ2n) is 4.46. The molecule has 1 amide bonds. The first-order chi connectivity index (χ1) is 8.84. The highest BCUT2D eigenvalue weighted by Gasteiger charge is 2.24. The van der Waals surface area contributed by atoms with Gasteiger partial charge in [0, 0.05) is 32.3 Å². The second kappa shape index (κ2) is 6.16. The molecule has 0 spiro atoms. The van der Waals surface area contributed by atoms with Gasteiger partial charge in [0.25, 0.3) is 0 Å². The van der Waals surface area contributed by atoms with E-state index in [1.165, 1.54) is 0 Å². The van der Waals surface area contributed by atoms with Crippen LogP contribution in [0, 0.1) is 0 Å². The van der Waals surface area contributed by atoms with E-state index >= 15 is 0 Å². The molecule has 3 rings (SSSR count). The van der Waals surface area contributed by atoms with Crippen molar-refractivity contribution in [2.45, 2.75) is 12.8 Å². The maximum absolute atomic E-state index is 11.7. The third kappa shape index (κ3) is 2.96. The lowest BCUT2D eigenvalue weighted by Crippen LogP contribution is -2.37. The average molecular weight is 285 g/mol. The first kappa shape index (κ1) is 14.0. The number of hydrogen-bond acceptors (Lipinski definition) is 5. The van der Waals surface area contributed by atoms with Crippen LogP contribution in [-0.2, 0) is 9.53 Å². The van der Waals surface area contributed by atoms with Crippen molar-refractivity contribution in [1.29, 1.82) is 0 Å². The summed E-state index contributed by atoms with van der Waals surface area (Å²) in [7, 11) is 0. The normalized spacial score (nSPS) is 19.5. The van der Waals surface area contributed by atoms with Gasteiger partial charge in [0.2, 0.25) is 11.9 Å². The molecule has 3 heterocycles. The van der Waals surface area contributed by atoms with Crippen molar-refractivity contribution in [3.05, 3.63) is 12.3 Å². The van der Waals surface area contributed by atoms with Crippen molar-refractivity contribution in [3.63, 3.8) is 0 Å². The van der Waals surface area contributed by atoms with Crippen molar-refractivity contribution in [3.8, 4) is 0 Å². The van der Waals surface area contributed by atoms with Crippen LogP contribution in [0.5, 0.6) is 0 Å². The first-order valence-electron chi connectivity index (χ1n) is 6.31. The Morgan fingerprint density at radius 2 is 2.00 bits per heavy atom. The summed E-state index contributed by atoms with van der Waals surface area (Å²) in [6.07, 6.45) is 3.26. The Hall–Kier alpha value is -1.40. The minimum Gasteiger partial charge on any atom is -0.378 e. The predicted molar refractivity (Wildman–Crippen MR) is 73.9 cm³/mol. The number of anilines is 2. The molecule has 1 aromatic heterocycles. The minimum absolute atomic E-state index is 0. The van der Waals surface area contributed by atoms with Crippen LogP contribution >= 0.6 is 12.4 Å². The van der Waals surface area contributed by atoms with Gasteiger partial charge in [-0.05, 0) is 12.5 Å². The number of aromatic nitrogens is 2. The summed E-state index contributed by atoms with van der Waals surface area (Å²) in [5.74, 6) is 1.56. The fourth-order valence-corrected chi connectivity index (χ4v) is 2.30. The molecule has 104 valence electrons. The molecule has 2 aliphatic rings. The van der Waals surface area contributed by atoms with E-state index in [1.54, 1.807) is 17.2 Å². The van der Waals surface area contributed by atoms with Gasteiger partial charge in [0.15, 0.2) is 0 Å². The lowest BCUT2D eigenvalue weighted by Gasteiger charge is -2.27. The Morgan fingerprint density at radius 3 is 2.68 bits per heavy atom. The van der Waals surface area contributed by atoms with Crippen molar-refractivity contribution in [2.24, 2.45) is 0 Å². The van der Waals surface area contributed by atoms with E-state index in [0.29, 0.717) is 31.4 Å². The molecular weight excluding hydrogens is 268 g/mol. The van der Waals surface area contributed by atoms with Crippen LogP contribution in [0.3, 0.4) is 0 Å². The zero-order valence-electron chi connectivity index (χ0n) is 10.6. The van der Waals surface area contributed by atoms with Gasteiger partial charge >= 0.3 is 0 Å². The summed E-state index contributed by atoms with van der Waals surface area (Å²) in [4.78, 5) is 24.3.